The van der Waals surface area contributed by atoms with Gasteiger partial charge in [0.15, 0.2) is 0 Å². The van der Waals surface area contributed by atoms with Crippen LogP contribution < -0.4 is 5.84 Å². The second-order valence-corrected chi connectivity index (χ2v) is 1.36. The van der Waals surface area contributed by atoms with Crippen molar-refractivity contribution in [1.82, 2.24) is 0 Å². The standard InChI is InChI=1S/C4H7N2/c1-4-2-3-6(4)5/h2-3H,5H2,1H3/q+1. The van der Waals surface area contributed by atoms with Crippen LogP contribution in [0.25, 0.3) is 0 Å². The topological polar surface area (TPSA) is 29.0 Å². The van der Waals surface area contributed by atoms with Gasteiger partial charge in [-0.15, -0.1) is 0 Å². The van der Waals surface area contributed by atoms with Crippen LogP contribution in [0.2, 0.25) is 0 Å². The van der Waals surface area contributed by atoms with E-state index in [2.05, 4.69) is 0 Å². The van der Waals surface area contributed by atoms with Crippen molar-refractivity contribution in [3.8, 4) is 0 Å². The van der Waals surface area contributed by atoms with Crippen LogP contribution in [-0.2, 0) is 0 Å². The molecule has 0 saturated carbocycles. The van der Waals surface area contributed by atoms with E-state index in [0.29, 0.717) is 0 Å². The fourth-order valence-corrected chi connectivity index (χ4v) is 0.310. The molecule has 0 radical (unpaired) electrons. The predicted molar refractivity (Wildman–Crippen MR) is 24.3 cm³/mol. The van der Waals surface area contributed by atoms with Crippen molar-refractivity contribution in [3.63, 3.8) is 0 Å². The number of nitrogens with two attached hydrogens (primary N) is 1. The Labute approximate surface area is 36.6 Å². The Morgan fingerprint density at radius 3 is 2.33 bits per heavy atom. The van der Waals surface area contributed by atoms with E-state index in [9.17, 15) is 0 Å². The zero-order valence-electron chi connectivity index (χ0n) is 3.68. The monoisotopic (exact) mass is 83.1 g/mol. The summed E-state index contributed by atoms with van der Waals surface area (Å²) < 4.78 is 1.58. The van der Waals surface area contributed by atoms with Crippen LogP contribution in [0.3, 0.4) is 0 Å². The molecule has 0 aromatic carbocycles. The number of hydrogen-bond acceptors (Lipinski definition) is 1. The predicted octanol–water partition coefficient (Wildman–Crippen LogP) is -0.139. The van der Waals surface area contributed by atoms with E-state index in [-0.39, 0.29) is 0 Å². The highest BCUT2D eigenvalue weighted by Gasteiger charge is 2.07. The highest BCUT2D eigenvalue weighted by Crippen LogP contribution is 1.87. The minimum atomic E-state index is 1.12. The van der Waals surface area contributed by atoms with E-state index in [4.69, 9.17) is 5.84 Å². The van der Waals surface area contributed by atoms with Crippen LogP contribution in [0, 0.1) is 0 Å². The van der Waals surface area contributed by atoms with E-state index in [1.54, 1.807) is 4.68 Å². The van der Waals surface area contributed by atoms with Crippen LogP contribution >= 0.6 is 0 Å². The van der Waals surface area contributed by atoms with Gasteiger partial charge in [0.2, 0.25) is 11.9 Å². The first-order chi connectivity index (χ1) is 2.80. The second kappa shape index (κ2) is 0.834. The SMILES string of the molecule is CC1=[N+](N)C=C1. The molecule has 0 atom stereocenters. The normalized spacial score (nSPS) is 18.2. The molecular formula is C4H7N2+. The minimum Gasteiger partial charge on any atom is -0.205 e. The molecule has 0 aliphatic carbocycles. The third-order valence-electron chi connectivity index (χ3n) is 0.884. The Hall–Kier alpha value is -0.790. The lowest BCUT2D eigenvalue weighted by atomic mass is 10.3. The van der Waals surface area contributed by atoms with Gasteiger partial charge in [0.05, 0.1) is 6.08 Å². The molecule has 0 fully saturated rings. The third-order valence-corrected chi connectivity index (χ3v) is 0.884. The maximum Gasteiger partial charge on any atom is 0.214 e. The van der Waals surface area contributed by atoms with Gasteiger partial charge >= 0.3 is 0 Å². The summed E-state index contributed by atoms with van der Waals surface area (Å²) in [5.41, 5.74) is 1.12. The van der Waals surface area contributed by atoms with Crippen molar-refractivity contribution < 1.29 is 4.68 Å². The number of hydrogen-bond donors (Lipinski definition) is 1. The Morgan fingerprint density at radius 2 is 2.33 bits per heavy atom. The van der Waals surface area contributed by atoms with E-state index in [1.807, 2.05) is 19.2 Å². The van der Waals surface area contributed by atoms with Gasteiger partial charge in [0.1, 0.15) is 0 Å². The number of hydrazone groups is 1. The van der Waals surface area contributed by atoms with Crippen molar-refractivity contribution in [1.29, 1.82) is 0 Å². The number of allylic oxidation sites excluding steroid dienone is 1. The molecule has 6 heavy (non-hydrogen) atoms. The minimum absolute atomic E-state index is 1.12. The molecule has 1 rings (SSSR count). The quantitative estimate of drug-likeness (QED) is 0.320. The molecule has 1 aliphatic heterocycles. The fraction of sp³-hybridized carbons (Fsp3) is 0.250. The van der Waals surface area contributed by atoms with Gasteiger partial charge in [-0.1, -0.05) is 4.68 Å². The van der Waals surface area contributed by atoms with Crippen molar-refractivity contribution in [2.75, 3.05) is 0 Å². The van der Waals surface area contributed by atoms with Crippen LogP contribution in [0.15, 0.2) is 12.3 Å². The van der Waals surface area contributed by atoms with Gasteiger partial charge < -0.3 is 0 Å². The van der Waals surface area contributed by atoms with Crippen LogP contribution in [-0.4, -0.2) is 10.4 Å². The van der Waals surface area contributed by atoms with E-state index >= 15 is 0 Å². The lowest BCUT2D eigenvalue weighted by Gasteiger charge is -1.93. The summed E-state index contributed by atoms with van der Waals surface area (Å²) >= 11 is 0. The number of rotatable bonds is 0. The Balaban J connectivity index is 2.71. The van der Waals surface area contributed by atoms with Crippen molar-refractivity contribution in [2.24, 2.45) is 5.84 Å². The first kappa shape index (κ1) is 3.40. The summed E-state index contributed by atoms with van der Waals surface area (Å²) in [6.45, 7) is 1.96. The maximum absolute atomic E-state index is 5.23. The first-order valence-electron chi connectivity index (χ1n) is 1.86. The van der Waals surface area contributed by atoms with Gasteiger partial charge in [0.25, 0.3) is 0 Å². The Morgan fingerprint density at radius 1 is 1.83 bits per heavy atom. The van der Waals surface area contributed by atoms with Gasteiger partial charge in [0, 0.05) is 6.92 Å². The molecule has 2 heteroatoms. The zero-order chi connectivity index (χ0) is 4.57. The molecule has 0 bridgehead atoms. The van der Waals surface area contributed by atoms with Crippen molar-refractivity contribution in [3.05, 3.63) is 12.3 Å². The lowest BCUT2D eigenvalue weighted by Crippen LogP contribution is -2.25. The summed E-state index contributed by atoms with van der Waals surface area (Å²) in [7, 11) is 0. The molecule has 0 aromatic heterocycles. The zero-order valence-corrected chi connectivity index (χ0v) is 3.68. The summed E-state index contributed by atoms with van der Waals surface area (Å²) in [6, 6.07) is 0. The molecule has 0 saturated heterocycles. The van der Waals surface area contributed by atoms with Crippen LogP contribution in [0.1, 0.15) is 6.92 Å². The number of hydrazine groups is 1. The second-order valence-electron chi connectivity index (χ2n) is 1.36. The van der Waals surface area contributed by atoms with Gasteiger partial charge in [-0.05, 0) is 0 Å². The van der Waals surface area contributed by atoms with Gasteiger partial charge in [-0.2, -0.15) is 0 Å². The maximum atomic E-state index is 5.23. The Bertz CT molecular complexity index is 108. The fourth-order valence-electron chi connectivity index (χ4n) is 0.310. The Kier molecular flexibility index (Phi) is 0.473. The molecule has 32 valence electrons. The van der Waals surface area contributed by atoms with E-state index in [0.717, 1.165) is 5.71 Å². The van der Waals surface area contributed by atoms with E-state index < -0.39 is 0 Å². The summed E-state index contributed by atoms with van der Waals surface area (Å²) in [4.78, 5) is 0. The van der Waals surface area contributed by atoms with Crippen LogP contribution in [0.5, 0.6) is 0 Å². The lowest BCUT2D eigenvalue weighted by molar-refractivity contribution is -0.478. The van der Waals surface area contributed by atoms with Gasteiger partial charge in [-0.25, -0.2) is 5.84 Å². The molecule has 0 amide bonds. The molecular weight excluding hydrogens is 76.1 g/mol. The summed E-state index contributed by atoms with van der Waals surface area (Å²) in [5, 5.41) is 0. The summed E-state index contributed by atoms with van der Waals surface area (Å²) in [5.74, 6) is 5.23. The smallest absolute Gasteiger partial charge is 0.205 e. The highest BCUT2D eigenvalue weighted by atomic mass is 15.3. The van der Waals surface area contributed by atoms with Crippen LogP contribution in [0.4, 0.5) is 0 Å². The van der Waals surface area contributed by atoms with Crippen molar-refractivity contribution in [2.45, 2.75) is 6.92 Å². The molecule has 2 nitrogen and oxygen atoms in total. The molecule has 0 unspecified atom stereocenters. The number of nitrogens with zero attached hydrogens (tertiary/aromatic N) is 1. The van der Waals surface area contributed by atoms with Gasteiger partial charge in [-0.3, -0.25) is 0 Å². The first-order valence-corrected chi connectivity index (χ1v) is 1.86. The summed E-state index contributed by atoms with van der Waals surface area (Å²) in [6.07, 6.45) is 3.77. The average Bonchev–Trinajstić information content (AvgIpc) is 1.61. The molecule has 1 heterocycles. The average molecular weight is 83.1 g/mol. The van der Waals surface area contributed by atoms with E-state index in [1.165, 1.54) is 0 Å². The third kappa shape index (κ3) is 0.233. The molecule has 1 aliphatic rings. The molecule has 0 spiro atoms. The molecule has 0 aromatic rings. The molecule has 2 N–H and O–H groups in total. The van der Waals surface area contributed by atoms with Crippen molar-refractivity contribution >= 4 is 5.71 Å². The largest absolute Gasteiger partial charge is 0.214 e. The highest BCUT2D eigenvalue weighted by molar-refractivity contribution is 5.90.